The maximum atomic E-state index is 12.1. The average Bonchev–Trinajstić information content (AvgIpc) is 3.29. The van der Waals surface area contributed by atoms with Crippen LogP contribution in [0, 0.1) is 0 Å². The molecule has 136 valence electrons. The Bertz CT molecular complexity index is 888. The van der Waals surface area contributed by atoms with Crippen LogP contribution in [0.15, 0.2) is 34.2 Å². The normalized spacial score (nSPS) is 10.9. The van der Waals surface area contributed by atoms with Crippen LogP contribution in [-0.2, 0) is 11.2 Å². The fourth-order valence-corrected chi connectivity index (χ4v) is 3.04. The molecule has 0 radical (unpaired) electrons. The molecule has 0 atom stereocenters. The van der Waals surface area contributed by atoms with Crippen LogP contribution < -0.4 is 10.1 Å². The lowest BCUT2D eigenvalue weighted by Crippen LogP contribution is -2.12. The van der Waals surface area contributed by atoms with E-state index in [4.69, 9.17) is 9.26 Å². The van der Waals surface area contributed by atoms with Gasteiger partial charge in [-0.25, -0.2) is 4.98 Å². The molecule has 0 aliphatic carbocycles. The minimum Gasteiger partial charge on any atom is -0.496 e. The summed E-state index contributed by atoms with van der Waals surface area (Å²) in [4.78, 5) is 20.9. The second-order valence-electron chi connectivity index (χ2n) is 5.99. The van der Waals surface area contributed by atoms with Crippen LogP contribution in [0.5, 0.6) is 5.75 Å². The van der Waals surface area contributed by atoms with Gasteiger partial charge in [-0.15, -0.1) is 11.3 Å². The number of hydrogen-bond acceptors (Lipinski definition) is 7. The van der Waals surface area contributed by atoms with Crippen LogP contribution in [0.25, 0.3) is 11.3 Å². The zero-order valence-corrected chi connectivity index (χ0v) is 15.7. The van der Waals surface area contributed by atoms with Crippen molar-refractivity contribution in [2.24, 2.45) is 0 Å². The molecule has 3 aromatic rings. The van der Waals surface area contributed by atoms with Crippen LogP contribution in [0.2, 0.25) is 0 Å². The molecule has 0 aliphatic heterocycles. The van der Waals surface area contributed by atoms with E-state index in [1.165, 1.54) is 11.3 Å². The number of nitrogens with zero attached hydrogens (tertiary/aromatic N) is 3. The van der Waals surface area contributed by atoms with E-state index < -0.39 is 0 Å². The number of amides is 1. The lowest BCUT2D eigenvalue weighted by molar-refractivity contribution is -0.116. The Morgan fingerprint density at radius 2 is 2.12 bits per heavy atom. The molecule has 0 saturated carbocycles. The van der Waals surface area contributed by atoms with Gasteiger partial charge in [-0.3, -0.25) is 4.79 Å². The first kappa shape index (κ1) is 18.1. The van der Waals surface area contributed by atoms with Gasteiger partial charge in [0.2, 0.25) is 11.8 Å². The van der Waals surface area contributed by atoms with Crippen molar-refractivity contribution in [3.05, 3.63) is 41.4 Å². The van der Waals surface area contributed by atoms with Crippen molar-refractivity contribution < 1.29 is 14.1 Å². The molecule has 0 bridgehead atoms. The number of methoxy groups -OCH3 is 1. The van der Waals surface area contributed by atoms with Crippen molar-refractivity contribution in [3.63, 3.8) is 0 Å². The highest BCUT2D eigenvalue weighted by Gasteiger charge is 2.14. The molecule has 1 aromatic carbocycles. The first-order chi connectivity index (χ1) is 12.6. The lowest BCUT2D eigenvalue weighted by Gasteiger charge is -2.05. The molecule has 7 nitrogen and oxygen atoms in total. The van der Waals surface area contributed by atoms with E-state index in [0.717, 1.165) is 17.0 Å². The van der Waals surface area contributed by atoms with Crippen LogP contribution in [0.3, 0.4) is 0 Å². The first-order valence-electron chi connectivity index (χ1n) is 8.28. The van der Waals surface area contributed by atoms with Gasteiger partial charge in [0.05, 0.1) is 12.8 Å². The number of aromatic nitrogens is 3. The van der Waals surface area contributed by atoms with E-state index in [-0.39, 0.29) is 18.2 Å². The molecular weight excluding hydrogens is 352 g/mol. The quantitative estimate of drug-likeness (QED) is 0.676. The molecule has 0 saturated heterocycles. The summed E-state index contributed by atoms with van der Waals surface area (Å²) in [5.74, 6) is 1.92. The van der Waals surface area contributed by atoms with Crippen molar-refractivity contribution in [2.45, 2.75) is 32.6 Å². The third kappa shape index (κ3) is 4.26. The number of ether oxygens (including phenoxy) is 1. The van der Waals surface area contributed by atoms with Crippen molar-refractivity contribution in [1.82, 2.24) is 15.1 Å². The molecule has 0 unspecified atom stereocenters. The lowest BCUT2D eigenvalue weighted by atomic mass is 10.1. The molecule has 2 heterocycles. The van der Waals surface area contributed by atoms with E-state index in [1.54, 1.807) is 7.11 Å². The number of benzene rings is 1. The molecule has 1 amide bonds. The number of anilines is 1. The van der Waals surface area contributed by atoms with Gasteiger partial charge in [0, 0.05) is 29.7 Å². The fourth-order valence-electron chi connectivity index (χ4n) is 2.32. The van der Waals surface area contributed by atoms with Gasteiger partial charge in [0.1, 0.15) is 5.75 Å². The standard InChI is InChI=1S/C18H20N4O3S/c1-11(2)17-21-16(25-22-17)9-8-15(23)20-18-19-13(10-26-18)12-6-4-5-7-14(12)24-3/h4-7,10-11H,8-9H2,1-3H3,(H,19,20,23). The zero-order valence-electron chi connectivity index (χ0n) is 14.9. The summed E-state index contributed by atoms with van der Waals surface area (Å²) in [6.45, 7) is 3.98. The number of rotatable bonds is 7. The number of aryl methyl sites for hydroxylation is 1. The summed E-state index contributed by atoms with van der Waals surface area (Å²) in [5.41, 5.74) is 1.65. The summed E-state index contributed by atoms with van der Waals surface area (Å²) in [6, 6.07) is 7.63. The highest BCUT2D eigenvalue weighted by Crippen LogP contribution is 2.31. The summed E-state index contributed by atoms with van der Waals surface area (Å²) in [6.07, 6.45) is 0.652. The van der Waals surface area contributed by atoms with Gasteiger partial charge in [0.15, 0.2) is 11.0 Å². The van der Waals surface area contributed by atoms with Gasteiger partial charge in [0.25, 0.3) is 0 Å². The Morgan fingerprint density at radius 1 is 1.31 bits per heavy atom. The molecule has 2 aromatic heterocycles. The van der Waals surface area contributed by atoms with Gasteiger partial charge in [-0.1, -0.05) is 31.1 Å². The number of carbonyl (C=O) groups is 1. The Balaban J connectivity index is 1.59. The molecule has 3 rings (SSSR count). The zero-order chi connectivity index (χ0) is 18.5. The maximum Gasteiger partial charge on any atom is 0.227 e. The van der Waals surface area contributed by atoms with E-state index in [2.05, 4.69) is 20.4 Å². The van der Waals surface area contributed by atoms with E-state index in [1.807, 2.05) is 43.5 Å². The van der Waals surface area contributed by atoms with Crippen molar-refractivity contribution in [1.29, 1.82) is 0 Å². The smallest absolute Gasteiger partial charge is 0.227 e. The number of carbonyl (C=O) groups excluding carboxylic acids is 1. The minimum absolute atomic E-state index is 0.143. The van der Waals surface area contributed by atoms with Crippen LogP contribution >= 0.6 is 11.3 Å². The Hall–Kier alpha value is -2.74. The van der Waals surface area contributed by atoms with Gasteiger partial charge < -0.3 is 14.6 Å². The molecular formula is C18H20N4O3S. The third-order valence-corrected chi connectivity index (χ3v) is 4.46. The second kappa shape index (κ2) is 8.09. The van der Waals surface area contributed by atoms with Crippen LogP contribution in [0.4, 0.5) is 5.13 Å². The first-order valence-corrected chi connectivity index (χ1v) is 9.16. The predicted molar refractivity (Wildman–Crippen MR) is 99.4 cm³/mol. The molecule has 26 heavy (non-hydrogen) atoms. The Morgan fingerprint density at radius 3 is 2.85 bits per heavy atom. The van der Waals surface area contributed by atoms with E-state index in [0.29, 0.717) is 23.3 Å². The van der Waals surface area contributed by atoms with Crippen molar-refractivity contribution >= 4 is 22.4 Å². The SMILES string of the molecule is COc1ccccc1-c1csc(NC(=O)CCc2nc(C(C)C)no2)n1. The van der Waals surface area contributed by atoms with E-state index in [9.17, 15) is 4.79 Å². The largest absolute Gasteiger partial charge is 0.496 e. The highest BCUT2D eigenvalue weighted by molar-refractivity contribution is 7.14. The van der Waals surface area contributed by atoms with E-state index >= 15 is 0 Å². The fraction of sp³-hybridized carbons (Fsp3) is 0.333. The highest BCUT2D eigenvalue weighted by atomic mass is 32.1. The Kier molecular flexibility index (Phi) is 5.62. The van der Waals surface area contributed by atoms with Gasteiger partial charge in [-0.2, -0.15) is 4.98 Å². The third-order valence-electron chi connectivity index (χ3n) is 3.70. The van der Waals surface area contributed by atoms with Crippen molar-refractivity contribution in [2.75, 3.05) is 12.4 Å². The minimum atomic E-state index is -0.143. The summed E-state index contributed by atoms with van der Waals surface area (Å²) in [5, 5.41) is 9.13. The van der Waals surface area contributed by atoms with Gasteiger partial charge in [-0.05, 0) is 12.1 Å². The number of para-hydroxylation sites is 1. The number of thiazole rings is 1. The number of hydrogen-bond donors (Lipinski definition) is 1. The van der Waals surface area contributed by atoms with Gasteiger partial charge >= 0.3 is 0 Å². The molecule has 8 heteroatoms. The van der Waals surface area contributed by atoms with Crippen molar-refractivity contribution in [3.8, 4) is 17.0 Å². The molecule has 0 fully saturated rings. The summed E-state index contributed by atoms with van der Waals surface area (Å²) >= 11 is 1.37. The maximum absolute atomic E-state index is 12.1. The van der Waals surface area contributed by atoms with Crippen LogP contribution in [-0.4, -0.2) is 28.1 Å². The molecule has 0 spiro atoms. The summed E-state index contributed by atoms with van der Waals surface area (Å²) in [7, 11) is 1.62. The topological polar surface area (TPSA) is 90.1 Å². The molecule has 1 N–H and O–H groups in total. The Labute approximate surface area is 155 Å². The molecule has 0 aliphatic rings. The second-order valence-corrected chi connectivity index (χ2v) is 6.85. The van der Waals surface area contributed by atoms with Crippen LogP contribution in [0.1, 0.15) is 37.9 Å². The predicted octanol–water partition coefficient (Wildman–Crippen LogP) is 3.90. The monoisotopic (exact) mass is 372 g/mol. The summed E-state index contributed by atoms with van der Waals surface area (Å²) < 4.78 is 10.5. The average molecular weight is 372 g/mol. The number of nitrogens with one attached hydrogen (secondary N) is 1.